The molecule has 0 atom stereocenters. The fourth-order valence-corrected chi connectivity index (χ4v) is 3.56. The number of rotatable bonds is 6. The van der Waals surface area contributed by atoms with Gasteiger partial charge in [0.1, 0.15) is 5.82 Å². The van der Waals surface area contributed by atoms with Crippen molar-refractivity contribution in [2.45, 2.75) is 6.92 Å². The zero-order valence-electron chi connectivity index (χ0n) is 17.2. The Hall–Kier alpha value is -3.05. The lowest BCUT2D eigenvalue weighted by Gasteiger charge is -2.31. The van der Waals surface area contributed by atoms with Gasteiger partial charge in [-0.3, -0.25) is 0 Å². The molecule has 4 nitrogen and oxygen atoms in total. The molecule has 0 saturated carbocycles. The third-order valence-corrected chi connectivity index (χ3v) is 5.19. The summed E-state index contributed by atoms with van der Waals surface area (Å²) in [6.07, 6.45) is 5.52. The minimum Gasteiger partial charge on any atom is -0.378 e. The van der Waals surface area contributed by atoms with E-state index in [0.29, 0.717) is 18.9 Å². The molecule has 2 heterocycles. The van der Waals surface area contributed by atoms with Crippen molar-refractivity contribution in [3.05, 3.63) is 83.9 Å². The monoisotopic (exact) mass is 393 g/mol. The second-order valence-electron chi connectivity index (χ2n) is 7.05. The van der Waals surface area contributed by atoms with Crippen LogP contribution in [0.3, 0.4) is 0 Å². The summed E-state index contributed by atoms with van der Waals surface area (Å²) in [5.41, 5.74) is 3.99. The molecule has 0 unspecified atom stereocenters. The van der Waals surface area contributed by atoms with Gasteiger partial charge in [0.05, 0.1) is 24.3 Å². The van der Waals surface area contributed by atoms with E-state index in [1.165, 1.54) is 6.07 Å². The van der Waals surface area contributed by atoms with Crippen molar-refractivity contribution in [3.63, 3.8) is 0 Å². The van der Waals surface area contributed by atoms with Crippen LogP contribution in [-0.4, -0.2) is 35.8 Å². The molecular formula is C24H28FN3O. The van der Waals surface area contributed by atoms with Crippen LogP contribution in [0, 0.1) is 5.82 Å². The van der Waals surface area contributed by atoms with E-state index in [0.717, 1.165) is 46.2 Å². The molecule has 1 aliphatic rings. The number of hydrogen-bond donors (Lipinski definition) is 1. The van der Waals surface area contributed by atoms with E-state index >= 15 is 0 Å². The van der Waals surface area contributed by atoms with Gasteiger partial charge in [-0.15, -0.1) is 0 Å². The van der Waals surface area contributed by atoms with Crippen molar-refractivity contribution in [1.29, 1.82) is 0 Å². The summed E-state index contributed by atoms with van der Waals surface area (Å²) < 4.78 is 21.8. The van der Waals surface area contributed by atoms with E-state index < -0.39 is 0 Å². The van der Waals surface area contributed by atoms with Gasteiger partial charge in [0, 0.05) is 48.5 Å². The van der Waals surface area contributed by atoms with Crippen LogP contribution in [0.5, 0.6) is 0 Å². The molecule has 1 aromatic carbocycles. The molecule has 0 aliphatic carbocycles. The van der Waals surface area contributed by atoms with Gasteiger partial charge >= 0.3 is 0 Å². The number of benzene rings is 1. The fourth-order valence-electron chi connectivity index (χ4n) is 3.56. The van der Waals surface area contributed by atoms with Crippen LogP contribution in [-0.2, 0) is 11.8 Å². The Labute approximate surface area is 171 Å². The molecule has 1 saturated heterocycles. The Morgan fingerprint density at radius 1 is 1.21 bits per heavy atom. The number of hydrogen-bond acceptors (Lipinski definition) is 3. The van der Waals surface area contributed by atoms with Crippen molar-refractivity contribution >= 4 is 23.0 Å². The largest absolute Gasteiger partial charge is 0.378 e. The van der Waals surface area contributed by atoms with Gasteiger partial charge < -0.3 is 19.5 Å². The number of nitrogens with zero attached hydrogens (tertiary/aromatic N) is 2. The highest BCUT2D eigenvalue weighted by atomic mass is 19.1. The SMILES string of the molecule is C=C/C(C(=C)N1CCOCC1)=c1\c(=C(/C)Nc2cc(C=C)ccc2F)ccn1C. The zero-order valence-corrected chi connectivity index (χ0v) is 17.2. The van der Waals surface area contributed by atoms with E-state index in [2.05, 4.69) is 30.0 Å². The number of aryl methyl sites for hydroxylation is 1. The van der Waals surface area contributed by atoms with Crippen LogP contribution in [0.15, 0.2) is 62.0 Å². The first-order valence-corrected chi connectivity index (χ1v) is 9.66. The predicted octanol–water partition coefficient (Wildman–Crippen LogP) is 3.23. The van der Waals surface area contributed by atoms with Gasteiger partial charge in [0.2, 0.25) is 0 Å². The highest BCUT2D eigenvalue weighted by Gasteiger charge is 2.16. The Balaban J connectivity index is 2.12. The average Bonchev–Trinajstić information content (AvgIpc) is 3.12. The van der Waals surface area contributed by atoms with E-state index in [9.17, 15) is 4.39 Å². The van der Waals surface area contributed by atoms with Crippen molar-refractivity contribution in [2.75, 3.05) is 31.6 Å². The summed E-state index contributed by atoms with van der Waals surface area (Å²) in [4.78, 5) is 2.22. The number of ether oxygens (including phenoxy) is 1. The highest BCUT2D eigenvalue weighted by molar-refractivity contribution is 5.72. The van der Waals surface area contributed by atoms with Gasteiger partial charge in [-0.25, -0.2) is 4.39 Å². The lowest BCUT2D eigenvalue weighted by molar-refractivity contribution is 0.0561. The molecule has 0 spiro atoms. The molecular weight excluding hydrogens is 365 g/mol. The average molecular weight is 394 g/mol. The van der Waals surface area contributed by atoms with Crippen LogP contribution in [0.2, 0.25) is 0 Å². The maximum Gasteiger partial charge on any atom is 0.146 e. The summed E-state index contributed by atoms with van der Waals surface area (Å²) in [6.45, 7) is 17.0. The van der Waals surface area contributed by atoms with E-state index in [-0.39, 0.29) is 5.82 Å². The van der Waals surface area contributed by atoms with Crippen molar-refractivity contribution in [2.24, 2.45) is 7.05 Å². The Morgan fingerprint density at radius 3 is 2.59 bits per heavy atom. The van der Waals surface area contributed by atoms with Gasteiger partial charge in [-0.1, -0.05) is 38.0 Å². The minimum atomic E-state index is -0.307. The normalized spacial score (nSPS) is 16.2. The maximum absolute atomic E-state index is 14.3. The second-order valence-corrected chi connectivity index (χ2v) is 7.05. The molecule has 1 aromatic heterocycles. The zero-order chi connectivity index (χ0) is 21.0. The van der Waals surface area contributed by atoms with Gasteiger partial charge in [0.25, 0.3) is 0 Å². The number of allylic oxidation sites excluding steroid dienone is 1. The van der Waals surface area contributed by atoms with Crippen LogP contribution < -0.4 is 15.9 Å². The lowest BCUT2D eigenvalue weighted by atomic mass is 10.1. The molecule has 2 aromatic rings. The van der Waals surface area contributed by atoms with Crippen molar-refractivity contribution in [1.82, 2.24) is 9.47 Å². The molecule has 1 aliphatic heterocycles. The van der Waals surface area contributed by atoms with Crippen LogP contribution in [0.1, 0.15) is 12.5 Å². The molecule has 0 bridgehead atoms. The standard InChI is InChI=1S/C24H28FN3O/c1-6-19-8-9-22(25)23(16-19)26-17(3)21-10-11-27(5)24(21)20(7-2)18(4)28-12-14-29-15-13-28/h6-11,16,26H,1-2,4,12-15H2,3,5H3/b21-17+,24-20-. The Bertz CT molecular complexity index is 1060. The fraction of sp³-hybridized carbons (Fsp3) is 0.250. The number of nitrogens with one attached hydrogen (secondary N) is 1. The predicted molar refractivity (Wildman–Crippen MR) is 119 cm³/mol. The summed E-state index contributed by atoms with van der Waals surface area (Å²) >= 11 is 0. The molecule has 152 valence electrons. The van der Waals surface area contributed by atoms with Gasteiger partial charge in [-0.2, -0.15) is 0 Å². The highest BCUT2D eigenvalue weighted by Crippen LogP contribution is 2.19. The summed E-state index contributed by atoms with van der Waals surface area (Å²) in [6, 6.07) is 6.91. The smallest absolute Gasteiger partial charge is 0.146 e. The molecule has 3 rings (SSSR count). The van der Waals surface area contributed by atoms with Crippen LogP contribution in [0.4, 0.5) is 10.1 Å². The Kier molecular flexibility index (Phi) is 6.39. The van der Waals surface area contributed by atoms with Crippen LogP contribution in [0.25, 0.3) is 17.3 Å². The maximum atomic E-state index is 14.3. The second kappa shape index (κ2) is 8.97. The first kappa shape index (κ1) is 20.7. The number of halogens is 1. The first-order valence-electron chi connectivity index (χ1n) is 9.66. The topological polar surface area (TPSA) is 29.4 Å². The molecule has 0 radical (unpaired) electrons. The number of morpholine rings is 1. The van der Waals surface area contributed by atoms with E-state index in [4.69, 9.17) is 4.74 Å². The molecule has 1 fully saturated rings. The van der Waals surface area contributed by atoms with Crippen LogP contribution >= 0.6 is 0 Å². The minimum absolute atomic E-state index is 0.307. The molecule has 5 heteroatoms. The summed E-state index contributed by atoms with van der Waals surface area (Å²) in [5, 5.41) is 5.18. The Morgan fingerprint density at radius 2 is 1.93 bits per heavy atom. The third-order valence-electron chi connectivity index (χ3n) is 5.19. The molecule has 1 N–H and O–H groups in total. The molecule has 0 amide bonds. The van der Waals surface area contributed by atoms with E-state index in [1.54, 1.807) is 18.2 Å². The summed E-state index contributed by atoms with van der Waals surface area (Å²) in [7, 11) is 1.99. The van der Waals surface area contributed by atoms with Crippen molar-refractivity contribution in [3.8, 4) is 0 Å². The van der Waals surface area contributed by atoms with E-state index in [1.807, 2.05) is 36.9 Å². The number of anilines is 1. The number of aromatic nitrogens is 1. The first-order chi connectivity index (χ1) is 14.0. The third kappa shape index (κ3) is 4.35. The quantitative estimate of drug-likeness (QED) is 0.817. The van der Waals surface area contributed by atoms with Crippen molar-refractivity contribution < 1.29 is 9.13 Å². The molecule has 29 heavy (non-hydrogen) atoms. The lowest BCUT2D eigenvalue weighted by Crippen LogP contribution is -2.39. The van der Waals surface area contributed by atoms with Gasteiger partial charge in [0.15, 0.2) is 0 Å². The van der Waals surface area contributed by atoms with Gasteiger partial charge in [-0.05, 0) is 30.7 Å². The summed E-state index contributed by atoms with van der Waals surface area (Å²) in [5.74, 6) is -0.307.